The highest BCUT2D eigenvalue weighted by atomic mass is 28.3. The Labute approximate surface area is 265 Å². The van der Waals surface area contributed by atoms with Crippen LogP contribution in [0.15, 0.2) is 72.8 Å². The van der Waals surface area contributed by atoms with Crippen LogP contribution in [0.5, 0.6) is 0 Å². The Hall–Kier alpha value is -1.39. The van der Waals surface area contributed by atoms with Crippen molar-refractivity contribution in [2.45, 2.75) is 166 Å². The number of hydrogen-bond acceptors (Lipinski definition) is 0. The summed E-state index contributed by atoms with van der Waals surface area (Å²) in [7, 11) is -3.21. The molecule has 0 aliphatic rings. The molecule has 0 bridgehead atoms. The minimum atomic E-state index is -1.60. The molecule has 0 radical (unpaired) electrons. The third-order valence-electron chi connectivity index (χ3n) is 10.3. The molecule has 2 unspecified atom stereocenters. The predicted molar refractivity (Wildman–Crippen MR) is 197 cm³/mol. The van der Waals surface area contributed by atoms with Crippen LogP contribution in [0, 0.1) is 0 Å². The average molecular weight is 605 g/mol. The Balaban J connectivity index is 2.78. The number of hydrogen-bond donors (Lipinski definition) is 0. The Morgan fingerprint density at radius 2 is 0.643 bits per heavy atom. The van der Waals surface area contributed by atoms with Crippen LogP contribution in [-0.2, 0) is 0 Å². The topological polar surface area (TPSA) is 0 Å². The zero-order chi connectivity index (χ0) is 30.5. The maximum atomic E-state index is 2.85. The van der Waals surface area contributed by atoms with E-state index in [1.165, 1.54) is 113 Å². The van der Waals surface area contributed by atoms with E-state index in [9.17, 15) is 0 Å². The Kier molecular flexibility index (Phi) is 18.7. The molecule has 42 heavy (non-hydrogen) atoms. The fraction of sp³-hybridized carbons (Fsp3) is 0.650. The molecule has 2 rings (SSSR count). The van der Waals surface area contributed by atoms with E-state index in [1.54, 1.807) is 11.1 Å². The summed E-state index contributed by atoms with van der Waals surface area (Å²) < 4.78 is 0. The van der Waals surface area contributed by atoms with Gasteiger partial charge in [-0.15, -0.1) is 0 Å². The number of benzene rings is 2. The third kappa shape index (κ3) is 11.3. The first-order valence-electron chi connectivity index (χ1n) is 18.3. The minimum absolute atomic E-state index is 0.629. The largest absolute Gasteiger partial charge is 0.0834 e. The Bertz CT molecular complexity index is 814. The molecule has 2 aromatic carbocycles. The van der Waals surface area contributed by atoms with Crippen LogP contribution >= 0.6 is 0 Å². The summed E-state index contributed by atoms with van der Waals surface area (Å²) in [6.07, 6.45) is 22.1. The quantitative estimate of drug-likeness (QED) is 0.0825. The van der Waals surface area contributed by atoms with Gasteiger partial charge in [0, 0.05) is 0 Å². The van der Waals surface area contributed by atoms with Gasteiger partial charge in [0.05, 0.1) is 16.1 Å². The lowest BCUT2D eigenvalue weighted by molar-refractivity contribution is 0.767. The molecule has 0 aliphatic heterocycles. The molecule has 0 aromatic heterocycles. The third-order valence-corrected chi connectivity index (χ3v) is 22.1. The zero-order valence-electron chi connectivity index (χ0n) is 28.8. The summed E-state index contributed by atoms with van der Waals surface area (Å²) in [4.78, 5) is 0. The molecule has 0 heterocycles. The number of allylic oxidation sites excluding steroid dienone is 2. The van der Waals surface area contributed by atoms with Gasteiger partial charge >= 0.3 is 0 Å². The lowest BCUT2D eigenvalue weighted by Crippen LogP contribution is -2.43. The molecular weight excluding hydrogens is 537 g/mol. The smallest absolute Gasteiger partial charge is 0.0657 e. The second kappa shape index (κ2) is 21.3. The lowest BCUT2D eigenvalue weighted by atomic mass is 10.1. The first-order valence-corrected chi connectivity index (χ1v) is 23.7. The Morgan fingerprint density at radius 3 is 0.857 bits per heavy atom. The Morgan fingerprint density at radius 1 is 0.405 bits per heavy atom. The van der Waals surface area contributed by atoms with E-state index >= 15 is 0 Å². The van der Waals surface area contributed by atoms with Crippen molar-refractivity contribution in [2.24, 2.45) is 0 Å². The van der Waals surface area contributed by atoms with E-state index in [2.05, 4.69) is 114 Å². The molecule has 0 saturated heterocycles. The van der Waals surface area contributed by atoms with Crippen molar-refractivity contribution >= 4 is 16.1 Å². The van der Waals surface area contributed by atoms with Gasteiger partial charge in [0.1, 0.15) is 0 Å². The van der Waals surface area contributed by atoms with Gasteiger partial charge < -0.3 is 0 Å². The van der Waals surface area contributed by atoms with Crippen molar-refractivity contribution in [3.63, 3.8) is 0 Å². The van der Waals surface area contributed by atoms with Gasteiger partial charge in [-0.25, -0.2) is 0 Å². The van der Waals surface area contributed by atoms with E-state index in [4.69, 9.17) is 0 Å². The van der Waals surface area contributed by atoms with Crippen LogP contribution in [0.2, 0.25) is 36.3 Å². The highest BCUT2D eigenvalue weighted by molar-refractivity contribution is 6.82. The van der Waals surface area contributed by atoms with Gasteiger partial charge in [-0.3, -0.25) is 0 Å². The molecule has 2 heteroatoms. The van der Waals surface area contributed by atoms with Crippen molar-refractivity contribution in [3.05, 3.63) is 83.9 Å². The van der Waals surface area contributed by atoms with Gasteiger partial charge in [-0.05, 0) is 22.2 Å². The van der Waals surface area contributed by atoms with Crippen LogP contribution in [0.4, 0.5) is 0 Å². The average Bonchev–Trinajstić information content (AvgIpc) is 3.04. The highest BCUT2D eigenvalue weighted by Crippen LogP contribution is 2.45. The summed E-state index contributed by atoms with van der Waals surface area (Å²) >= 11 is 0. The molecule has 0 aliphatic carbocycles. The van der Waals surface area contributed by atoms with Crippen LogP contribution in [0.1, 0.15) is 141 Å². The van der Waals surface area contributed by atoms with Crippen LogP contribution < -0.4 is 0 Å². The van der Waals surface area contributed by atoms with E-state index in [0.717, 1.165) is 0 Å². The van der Waals surface area contributed by atoms with Crippen molar-refractivity contribution in [3.8, 4) is 0 Å². The van der Waals surface area contributed by atoms with Crippen molar-refractivity contribution in [1.82, 2.24) is 0 Å². The molecule has 0 N–H and O–H groups in total. The highest BCUT2D eigenvalue weighted by Gasteiger charge is 2.41. The fourth-order valence-corrected chi connectivity index (χ4v) is 20.3. The second-order valence-electron chi connectivity index (χ2n) is 13.5. The maximum absolute atomic E-state index is 2.85. The fourth-order valence-electron chi connectivity index (χ4n) is 7.74. The van der Waals surface area contributed by atoms with Gasteiger partial charge in [0.25, 0.3) is 0 Å². The van der Waals surface area contributed by atoms with Gasteiger partial charge in [0.2, 0.25) is 0 Å². The summed E-state index contributed by atoms with van der Waals surface area (Å²) in [5.74, 6) is 0. The van der Waals surface area contributed by atoms with E-state index in [0.29, 0.717) is 11.1 Å². The van der Waals surface area contributed by atoms with Crippen molar-refractivity contribution in [2.75, 3.05) is 0 Å². The molecule has 2 atom stereocenters. The summed E-state index contributed by atoms with van der Waals surface area (Å²) in [6.45, 7) is 14.5. The van der Waals surface area contributed by atoms with Crippen molar-refractivity contribution < 1.29 is 0 Å². The SMILES string of the molecule is CCCC[Si](CCCC)(CCCC)C(/C=C\C(c1ccccc1)[Si](CCCC)(CCCC)CCCC)c1ccccc1. The lowest BCUT2D eigenvalue weighted by Gasteiger charge is -2.41. The van der Waals surface area contributed by atoms with Gasteiger partial charge in [-0.1, -0.05) is 228 Å². The van der Waals surface area contributed by atoms with Crippen molar-refractivity contribution in [1.29, 1.82) is 0 Å². The molecular formula is C40H68Si2. The molecule has 0 saturated carbocycles. The zero-order valence-corrected chi connectivity index (χ0v) is 30.8. The van der Waals surface area contributed by atoms with Crippen LogP contribution in [-0.4, -0.2) is 16.1 Å². The van der Waals surface area contributed by atoms with E-state index in [1.807, 2.05) is 0 Å². The second-order valence-corrected chi connectivity index (χ2v) is 23.2. The molecule has 2 aromatic rings. The molecule has 0 nitrogen and oxygen atoms in total. The molecule has 0 amide bonds. The molecule has 0 fully saturated rings. The normalized spacial score (nSPS) is 14.0. The minimum Gasteiger partial charge on any atom is -0.0834 e. The molecule has 0 spiro atoms. The van der Waals surface area contributed by atoms with E-state index < -0.39 is 16.1 Å². The van der Waals surface area contributed by atoms with Gasteiger partial charge in [-0.2, -0.15) is 0 Å². The summed E-state index contributed by atoms with van der Waals surface area (Å²) in [5.41, 5.74) is 4.48. The standard InChI is InChI=1S/C40H68Si2/c1-7-13-31-41(32-14-8-2,33-15-9-3)39(37-25-21-19-22-26-37)29-30-40(38-27-23-20-24-28-38)42(34-16-10-4,35-17-11-5)36-18-12-6/h19-30,39-40H,7-18,31-36H2,1-6H3/b30-29-. The first kappa shape index (κ1) is 36.8. The number of unbranched alkanes of at least 4 members (excludes halogenated alkanes) is 6. The van der Waals surface area contributed by atoms with Crippen LogP contribution in [0.25, 0.3) is 0 Å². The molecule has 236 valence electrons. The number of rotatable bonds is 24. The van der Waals surface area contributed by atoms with Gasteiger partial charge in [0.15, 0.2) is 0 Å². The van der Waals surface area contributed by atoms with Crippen LogP contribution in [0.3, 0.4) is 0 Å². The monoisotopic (exact) mass is 604 g/mol. The van der Waals surface area contributed by atoms with E-state index in [-0.39, 0.29) is 0 Å². The summed E-state index contributed by atoms with van der Waals surface area (Å²) in [6, 6.07) is 32.6. The predicted octanol–water partition coefficient (Wildman–Crippen LogP) is 13.9. The maximum Gasteiger partial charge on any atom is 0.0657 e. The summed E-state index contributed by atoms with van der Waals surface area (Å²) in [5, 5.41) is 0. The first-order chi connectivity index (χ1) is 20.6.